The summed E-state index contributed by atoms with van der Waals surface area (Å²) in [6, 6.07) is 6.57. The normalized spacial score (nSPS) is 13.0. The third-order valence-electron chi connectivity index (χ3n) is 2.22. The summed E-state index contributed by atoms with van der Waals surface area (Å²) in [6.45, 7) is -0.150. The van der Waals surface area contributed by atoms with Crippen molar-refractivity contribution in [1.82, 2.24) is 0 Å². The first-order valence-corrected chi connectivity index (χ1v) is 7.64. The second-order valence-electron chi connectivity index (χ2n) is 3.64. The monoisotopic (exact) mass is 335 g/mol. The number of hydrogen-bond acceptors (Lipinski definition) is 4. The quantitative estimate of drug-likeness (QED) is 0.775. The van der Waals surface area contributed by atoms with E-state index < -0.39 is 21.9 Å². The van der Waals surface area contributed by atoms with Gasteiger partial charge in [-0.05, 0) is 28.4 Å². The molecule has 0 radical (unpaired) electrons. The second-order valence-corrected chi connectivity index (χ2v) is 6.14. The first-order chi connectivity index (χ1) is 8.35. The van der Waals surface area contributed by atoms with Gasteiger partial charge in [0.25, 0.3) is 10.1 Å². The Balaban J connectivity index is 2.79. The van der Waals surface area contributed by atoms with Gasteiger partial charge in [0.05, 0.1) is 29.3 Å². The first kappa shape index (κ1) is 15.1. The van der Waals surface area contributed by atoms with Gasteiger partial charge in [-0.1, -0.05) is 12.1 Å². The maximum Gasteiger partial charge on any atom is 0.264 e. The highest BCUT2D eigenvalue weighted by atomic mass is 79.9. The van der Waals surface area contributed by atoms with Crippen LogP contribution in [-0.4, -0.2) is 21.3 Å². The van der Waals surface area contributed by atoms with Crippen LogP contribution >= 0.6 is 15.9 Å². The van der Waals surface area contributed by atoms with E-state index in [-0.39, 0.29) is 23.1 Å². The van der Waals surface area contributed by atoms with Crippen LogP contribution in [0.5, 0.6) is 0 Å². The molecule has 0 saturated carbocycles. The largest absolute Gasteiger partial charge is 0.270 e. The summed E-state index contributed by atoms with van der Waals surface area (Å²) in [4.78, 5) is 0. The standard InChI is InChI=1S/C11H11BrFNO3S/c1-18(15,16)17-6-5-8(7-14)9-3-2-4-10(12)11(9)13/h2-4,8H,5-6H2,1H3. The Bertz CT molecular complexity index is 568. The molecule has 18 heavy (non-hydrogen) atoms. The molecule has 0 heterocycles. The minimum atomic E-state index is -3.54. The lowest BCUT2D eigenvalue weighted by Crippen LogP contribution is -2.08. The predicted octanol–water partition coefficient (Wildman–Crippen LogP) is 2.56. The molecule has 0 aliphatic heterocycles. The highest BCUT2D eigenvalue weighted by molar-refractivity contribution is 9.10. The Morgan fingerprint density at radius 1 is 1.56 bits per heavy atom. The van der Waals surface area contributed by atoms with Crippen LogP contribution in [0.1, 0.15) is 17.9 Å². The van der Waals surface area contributed by atoms with Crippen LogP contribution in [0.4, 0.5) is 4.39 Å². The van der Waals surface area contributed by atoms with Gasteiger partial charge in [0.2, 0.25) is 0 Å². The van der Waals surface area contributed by atoms with Crippen LogP contribution in [0.25, 0.3) is 0 Å². The molecule has 0 N–H and O–H groups in total. The molecule has 7 heteroatoms. The van der Waals surface area contributed by atoms with Crippen LogP contribution in [0.2, 0.25) is 0 Å². The van der Waals surface area contributed by atoms with E-state index in [1.54, 1.807) is 6.07 Å². The molecule has 1 aromatic rings. The fraction of sp³-hybridized carbons (Fsp3) is 0.364. The van der Waals surface area contributed by atoms with Gasteiger partial charge in [-0.2, -0.15) is 13.7 Å². The molecule has 98 valence electrons. The van der Waals surface area contributed by atoms with Gasteiger partial charge in [0.15, 0.2) is 0 Å². The molecule has 0 aromatic heterocycles. The van der Waals surface area contributed by atoms with Crippen LogP contribution in [0.15, 0.2) is 22.7 Å². The average molecular weight is 336 g/mol. The van der Waals surface area contributed by atoms with Gasteiger partial charge >= 0.3 is 0 Å². The summed E-state index contributed by atoms with van der Waals surface area (Å²) in [7, 11) is -3.54. The van der Waals surface area contributed by atoms with Crippen molar-refractivity contribution in [2.45, 2.75) is 12.3 Å². The smallest absolute Gasteiger partial charge is 0.264 e. The van der Waals surface area contributed by atoms with Crippen LogP contribution in [-0.2, 0) is 14.3 Å². The van der Waals surface area contributed by atoms with Gasteiger partial charge in [-0.15, -0.1) is 0 Å². The zero-order chi connectivity index (χ0) is 13.8. The topological polar surface area (TPSA) is 67.2 Å². The maximum atomic E-state index is 13.7. The van der Waals surface area contributed by atoms with E-state index in [1.165, 1.54) is 12.1 Å². The molecule has 1 rings (SSSR count). The lowest BCUT2D eigenvalue weighted by atomic mass is 9.97. The van der Waals surface area contributed by atoms with Crippen molar-refractivity contribution in [3.63, 3.8) is 0 Å². The fourth-order valence-corrected chi connectivity index (χ4v) is 2.18. The summed E-state index contributed by atoms with van der Waals surface area (Å²) in [5, 5.41) is 8.99. The lowest BCUT2D eigenvalue weighted by Gasteiger charge is -2.10. The molecule has 1 atom stereocenters. The first-order valence-electron chi connectivity index (χ1n) is 5.03. The van der Waals surface area contributed by atoms with Crippen molar-refractivity contribution in [1.29, 1.82) is 5.26 Å². The molecule has 0 bridgehead atoms. The van der Waals surface area contributed by atoms with Crippen LogP contribution < -0.4 is 0 Å². The zero-order valence-electron chi connectivity index (χ0n) is 9.56. The predicted molar refractivity (Wildman–Crippen MR) is 67.9 cm³/mol. The van der Waals surface area contributed by atoms with E-state index in [0.29, 0.717) is 0 Å². The Kier molecular flexibility index (Phi) is 5.26. The van der Waals surface area contributed by atoms with Crippen molar-refractivity contribution in [2.24, 2.45) is 0 Å². The van der Waals surface area contributed by atoms with Crippen LogP contribution in [0.3, 0.4) is 0 Å². The van der Waals surface area contributed by atoms with E-state index in [0.717, 1.165) is 6.26 Å². The number of nitriles is 1. The number of nitrogens with zero attached hydrogens (tertiary/aromatic N) is 1. The number of benzene rings is 1. The Morgan fingerprint density at radius 3 is 2.78 bits per heavy atom. The van der Waals surface area contributed by atoms with Gasteiger partial charge in [0, 0.05) is 5.56 Å². The molecule has 0 aliphatic rings. The van der Waals surface area contributed by atoms with E-state index >= 15 is 0 Å². The Hall–Kier alpha value is -0.970. The summed E-state index contributed by atoms with van der Waals surface area (Å²) < 4.78 is 40.1. The van der Waals surface area contributed by atoms with Gasteiger partial charge < -0.3 is 0 Å². The van der Waals surface area contributed by atoms with Crippen molar-refractivity contribution in [3.8, 4) is 6.07 Å². The highest BCUT2D eigenvalue weighted by Gasteiger charge is 2.17. The molecule has 0 saturated heterocycles. The minimum Gasteiger partial charge on any atom is -0.270 e. The third kappa shape index (κ3) is 4.37. The molecule has 1 unspecified atom stereocenters. The lowest BCUT2D eigenvalue weighted by molar-refractivity contribution is 0.310. The molecule has 4 nitrogen and oxygen atoms in total. The van der Waals surface area contributed by atoms with Crippen molar-refractivity contribution < 1.29 is 17.0 Å². The molecular weight excluding hydrogens is 325 g/mol. The molecule has 0 fully saturated rings. The van der Waals surface area contributed by atoms with E-state index in [9.17, 15) is 12.8 Å². The minimum absolute atomic E-state index is 0.108. The van der Waals surface area contributed by atoms with E-state index in [2.05, 4.69) is 20.1 Å². The SMILES string of the molecule is CS(=O)(=O)OCCC(C#N)c1cccc(Br)c1F. The summed E-state index contributed by atoms with van der Waals surface area (Å²) in [5.74, 6) is -1.26. The van der Waals surface area contributed by atoms with E-state index in [4.69, 9.17) is 5.26 Å². The highest BCUT2D eigenvalue weighted by Crippen LogP contribution is 2.26. The summed E-state index contributed by atoms with van der Waals surface area (Å²) in [6.07, 6.45) is 1.03. The van der Waals surface area contributed by atoms with E-state index in [1.807, 2.05) is 6.07 Å². The Morgan fingerprint density at radius 2 is 2.22 bits per heavy atom. The summed E-state index contributed by atoms with van der Waals surface area (Å²) in [5.41, 5.74) is 0.226. The van der Waals surface area contributed by atoms with Crippen molar-refractivity contribution in [2.75, 3.05) is 12.9 Å². The van der Waals surface area contributed by atoms with Crippen molar-refractivity contribution in [3.05, 3.63) is 34.1 Å². The molecule has 0 aliphatic carbocycles. The number of rotatable bonds is 5. The fourth-order valence-electron chi connectivity index (χ4n) is 1.40. The van der Waals surface area contributed by atoms with Gasteiger partial charge in [-0.3, -0.25) is 4.18 Å². The van der Waals surface area contributed by atoms with Gasteiger partial charge in [-0.25, -0.2) is 4.39 Å². The number of hydrogen-bond donors (Lipinski definition) is 0. The summed E-state index contributed by atoms with van der Waals surface area (Å²) >= 11 is 3.03. The molecule has 0 amide bonds. The second kappa shape index (κ2) is 6.27. The molecule has 0 spiro atoms. The third-order valence-corrected chi connectivity index (χ3v) is 3.42. The number of halogens is 2. The van der Waals surface area contributed by atoms with Crippen LogP contribution in [0, 0.1) is 17.1 Å². The molecular formula is C11H11BrFNO3S. The Labute approximate surface area is 114 Å². The molecule has 1 aromatic carbocycles. The average Bonchev–Trinajstić information content (AvgIpc) is 2.27. The van der Waals surface area contributed by atoms with Crippen molar-refractivity contribution >= 4 is 26.0 Å². The zero-order valence-corrected chi connectivity index (χ0v) is 12.0. The van der Waals surface area contributed by atoms with Gasteiger partial charge in [0.1, 0.15) is 5.82 Å². The maximum absolute atomic E-state index is 13.7.